The molecule has 3 rings (SSSR count). The number of hydrogen-bond donors (Lipinski definition) is 2. The van der Waals surface area contributed by atoms with E-state index in [9.17, 15) is 4.79 Å². The van der Waals surface area contributed by atoms with Gasteiger partial charge < -0.3 is 15.8 Å². The molecular formula is C19H28N2O2. The van der Waals surface area contributed by atoms with E-state index in [4.69, 9.17) is 10.5 Å². The van der Waals surface area contributed by atoms with Crippen LogP contribution in [0.25, 0.3) is 0 Å². The lowest BCUT2D eigenvalue weighted by molar-refractivity contribution is 0.0915. The molecule has 1 aromatic carbocycles. The van der Waals surface area contributed by atoms with E-state index in [-0.39, 0.29) is 11.9 Å². The summed E-state index contributed by atoms with van der Waals surface area (Å²) in [6, 6.07) is 7.54. The quantitative estimate of drug-likeness (QED) is 0.812. The highest BCUT2D eigenvalue weighted by atomic mass is 16.5. The van der Waals surface area contributed by atoms with Gasteiger partial charge in [-0.3, -0.25) is 4.79 Å². The first kappa shape index (κ1) is 16.3. The minimum Gasteiger partial charge on any atom is -0.493 e. The molecule has 4 heteroatoms. The molecule has 0 radical (unpaired) electrons. The zero-order chi connectivity index (χ0) is 16.1. The second-order valence-corrected chi connectivity index (χ2v) is 6.99. The highest BCUT2D eigenvalue weighted by Gasteiger charge is 2.24. The van der Waals surface area contributed by atoms with Crippen LogP contribution in [0.15, 0.2) is 24.3 Å². The Bertz CT molecular complexity index is 505. The topological polar surface area (TPSA) is 64.3 Å². The average Bonchev–Trinajstić information content (AvgIpc) is 3.43. The van der Waals surface area contributed by atoms with Crippen LogP contribution < -0.4 is 15.8 Å². The molecule has 1 unspecified atom stereocenters. The van der Waals surface area contributed by atoms with Crippen LogP contribution in [0.2, 0.25) is 0 Å². The van der Waals surface area contributed by atoms with Gasteiger partial charge in [0.05, 0.1) is 6.61 Å². The molecule has 2 fully saturated rings. The van der Waals surface area contributed by atoms with Gasteiger partial charge in [0.2, 0.25) is 0 Å². The molecule has 2 saturated carbocycles. The normalized spacial score (nSPS) is 20.0. The maximum Gasteiger partial charge on any atom is 0.251 e. The van der Waals surface area contributed by atoms with E-state index >= 15 is 0 Å². The summed E-state index contributed by atoms with van der Waals surface area (Å²) in [6.07, 6.45) is 8.73. The van der Waals surface area contributed by atoms with Crippen molar-refractivity contribution in [2.24, 2.45) is 17.6 Å². The molecule has 2 aliphatic rings. The molecule has 0 bridgehead atoms. The smallest absolute Gasteiger partial charge is 0.251 e. The Hall–Kier alpha value is -1.55. The zero-order valence-electron chi connectivity index (χ0n) is 13.8. The highest BCUT2D eigenvalue weighted by Crippen LogP contribution is 2.29. The number of carbonyl (C=O) groups excluding carboxylic acids is 1. The van der Waals surface area contributed by atoms with Crippen LogP contribution in [0.3, 0.4) is 0 Å². The zero-order valence-corrected chi connectivity index (χ0v) is 13.8. The van der Waals surface area contributed by atoms with Crippen LogP contribution in [0.4, 0.5) is 0 Å². The summed E-state index contributed by atoms with van der Waals surface area (Å²) in [5.41, 5.74) is 6.57. The Morgan fingerprint density at radius 2 is 1.83 bits per heavy atom. The van der Waals surface area contributed by atoms with Gasteiger partial charge in [0, 0.05) is 18.2 Å². The number of carbonyl (C=O) groups is 1. The molecule has 1 atom stereocenters. The van der Waals surface area contributed by atoms with E-state index < -0.39 is 0 Å². The molecule has 4 nitrogen and oxygen atoms in total. The molecule has 2 aliphatic carbocycles. The molecular weight excluding hydrogens is 288 g/mol. The number of nitrogens with one attached hydrogen (secondary N) is 1. The summed E-state index contributed by atoms with van der Waals surface area (Å²) in [5, 5.41) is 3.13. The fourth-order valence-electron chi connectivity index (χ4n) is 3.36. The van der Waals surface area contributed by atoms with Crippen molar-refractivity contribution >= 4 is 5.91 Å². The third-order valence-corrected chi connectivity index (χ3v) is 5.09. The van der Waals surface area contributed by atoms with Gasteiger partial charge in [0.15, 0.2) is 0 Å². The second kappa shape index (κ2) is 7.82. The van der Waals surface area contributed by atoms with Crippen molar-refractivity contribution in [2.75, 3.05) is 13.2 Å². The summed E-state index contributed by atoms with van der Waals surface area (Å²) in [7, 11) is 0. The number of hydrogen-bond acceptors (Lipinski definition) is 3. The van der Waals surface area contributed by atoms with Crippen molar-refractivity contribution in [1.82, 2.24) is 5.32 Å². The van der Waals surface area contributed by atoms with Crippen molar-refractivity contribution < 1.29 is 9.53 Å². The molecule has 1 aromatic rings. The lowest BCUT2D eigenvalue weighted by Gasteiger charge is -2.30. The van der Waals surface area contributed by atoms with Crippen LogP contribution in [0.1, 0.15) is 55.3 Å². The van der Waals surface area contributed by atoms with Gasteiger partial charge in [0.1, 0.15) is 5.75 Å². The van der Waals surface area contributed by atoms with E-state index in [0.29, 0.717) is 18.0 Å². The molecule has 126 valence electrons. The third kappa shape index (κ3) is 4.71. The van der Waals surface area contributed by atoms with Crippen molar-refractivity contribution in [1.29, 1.82) is 0 Å². The minimum absolute atomic E-state index is 0.0280. The standard InChI is InChI=1S/C19H28N2O2/c20-12-18(15-4-2-1-3-5-15)21-19(22)16-8-10-17(11-9-16)23-13-14-6-7-14/h8-11,14-15,18H,1-7,12-13,20H2,(H,21,22). The number of rotatable bonds is 7. The summed E-state index contributed by atoms with van der Waals surface area (Å²) in [5.74, 6) is 2.08. The lowest BCUT2D eigenvalue weighted by atomic mass is 9.84. The van der Waals surface area contributed by atoms with Crippen LogP contribution in [-0.2, 0) is 0 Å². The number of benzene rings is 1. The maximum atomic E-state index is 12.4. The first-order valence-electron chi connectivity index (χ1n) is 9.00. The number of ether oxygens (including phenoxy) is 1. The Balaban J connectivity index is 1.53. The summed E-state index contributed by atoms with van der Waals surface area (Å²) in [4.78, 5) is 12.4. The van der Waals surface area contributed by atoms with E-state index in [1.165, 1.54) is 44.9 Å². The average molecular weight is 316 g/mol. The van der Waals surface area contributed by atoms with Gasteiger partial charge in [0.25, 0.3) is 5.91 Å². The first-order valence-corrected chi connectivity index (χ1v) is 9.00. The number of amides is 1. The lowest BCUT2D eigenvalue weighted by Crippen LogP contribution is -2.45. The Morgan fingerprint density at radius 3 is 2.43 bits per heavy atom. The molecule has 23 heavy (non-hydrogen) atoms. The SMILES string of the molecule is NCC(NC(=O)c1ccc(OCC2CC2)cc1)C1CCCCC1. The van der Waals surface area contributed by atoms with E-state index in [1.807, 2.05) is 24.3 Å². The van der Waals surface area contributed by atoms with Gasteiger partial charge >= 0.3 is 0 Å². The predicted molar refractivity (Wildman–Crippen MR) is 91.5 cm³/mol. The van der Waals surface area contributed by atoms with Crippen molar-refractivity contribution in [3.8, 4) is 5.75 Å². The Labute approximate surface area is 138 Å². The fraction of sp³-hybridized carbons (Fsp3) is 0.632. The van der Waals surface area contributed by atoms with E-state index in [1.54, 1.807) is 0 Å². The van der Waals surface area contributed by atoms with Crippen LogP contribution in [0.5, 0.6) is 5.75 Å². The largest absolute Gasteiger partial charge is 0.493 e. The monoisotopic (exact) mass is 316 g/mol. The van der Waals surface area contributed by atoms with Gasteiger partial charge in [-0.15, -0.1) is 0 Å². The van der Waals surface area contributed by atoms with Crippen LogP contribution in [-0.4, -0.2) is 25.1 Å². The Kier molecular flexibility index (Phi) is 5.55. The molecule has 0 aromatic heterocycles. The van der Waals surface area contributed by atoms with Crippen molar-refractivity contribution in [3.05, 3.63) is 29.8 Å². The van der Waals surface area contributed by atoms with Crippen molar-refractivity contribution in [2.45, 2.75) is 51.0 Å². The van der Waals surface area contributed by atoms with Gasteiger partial charge in [-0.2, -0.15) is 0 Å². The van der Waals surface area contributed by atoms with E-state index in [0.717, 1.165) is 18.3 Å². The minimum atomic E-state index is -0.0280. The maximum absolute atomic E-state index is 12.4. The van der Waals surface area contributed by atoms with Crippen molar-refractivity contribution in [3.63, 3.8) is 0 Å². The number of nitrogens with two attached hydrogens (primary N) is 1. The van der Waals surface area contributed by atoms with Crippen LogP contribution in [0, 0.1) is 11.8 Å². The van der Waals surface area contributed by atoms with E-state index in [2.05, 4.69) is 5.32 Å². The summed E-state index contributed by atoms with van der Waals surface area (Å²) < 4.78 is 5.71. The molecule has 3 N–H and O–H groups in total. The van der Waals surface area contributed by atoms with Gasteiger partial charge in [-0.05, 0) is 61.8 Å². The third-order valence-electron chi connectivity index (χ3n) is 5.09. The van der Waals surface area contributed by atoms with Crippen LogP contribution >= 0.6 is 0 Å². The first-order chi connectivity index (χ1) is 11.3. The van der Waals surface area contributed by atoms with Gasteiger partial charge in [-0.25, -0.2) is 0 Å². The fourth-order valence-corrected chi connectivity index (χ4v) is 3.36. The molecule has 1 amide bonds. The highest BCUT2D eigenvalue weighted by molar-refractivity contribution is 5.94. The molecule has 0 saturated heterocycles. The molecule has 0 spiro atoms. The predicted octanol–water partition coefficient (Wildman–Crippen LogP) is 3.11. The summed E-state index contributed by atoms with van der Waals surface area (Å²) >= 11 is 0. The molecule has 0 heterocycles. The molecule has 0 aliphatic heterocycles. The van der Waals surface area contributed by atoms with Gasteiger partial charge in [-0.1, -0.05) is 19.3 Å². The summed E-state index contributed by atoms with van der Waals surface area (Å²) in [6.45, 7) is 1.31. The second-order valence-electron chi connectivity index (χ2n) is 6.99. The Morgan fingerprint density at radius 1 is 1.13 bits per heavy atom.